The standard InChI is InChI=1S/C17H24N2O4/c1-19(11-8-15(20)21)16(22)18-12-17(9-3-10-17)13-4-6-14(23-2)7-5-13/h4-7H,3,8-12H2,1-2H3,(H,18,22)(H,20,21). The average Bonchev–Trinajstić information content (AvgIpc) is 2.51. The van der Waals surface area contributed by atoms with Crippen LogP contribution in [0, 0.1) is 0 Å². The molecule has 2 rings (SSSR count). The summed E-state index contributed by atoms with van der Waals surface area (Å²) in [6.07, 6.45) is 3.18. The van der Waals surface area contributed by atoms with Gasteiger partial charge in [0.15, 0.2) is 0 Å². The zero-order chi connectivity index (χ0) is 16.9. The van der Waals surface area contributed by atoms with Crippen molar-refractivity contribution in [3.63, 3.8) is 0 Å². The summed E-state index contributed by atoms with van der Waals surface area (Å²) in [5.74, 6) is -0.0843. The van der Waals surface area contributed by atoms with E-state index in [1.165, 1.54) is 10.5 Å². The Balaban J connectivity index is 1.93. The van der Waals surface area contributed by atoms with Crippen molar-refractivity contribution in [1.82, 2.24) is 10.2 Å². The van der Waals surface area contributed by atoms with Gasteiger partial charge in [0.05, 0.1) is 13.5 Å². The van der Waals surface area contributed by atoms with Crippen LogP contribution in [0.1, 0.15) is 31.2 Å². The topological polar surface area (TPSA) is 78.9 Å². The molecule has 6 heteroatoms. The van der Waals surface area contributed by atoms with Crippen molar-refractivity contribution in [3.8, 4) is 5.75 Å². The molecule has 1 saturated carbocycles. The van der Waals surface area contributed by atoms with Crippen molar-refractivity contribution in [2.24, 2.45) is 0 Å². The lowest BCUT2D eigenvalue weighted by Gasteiger charge is -2.43. The van der Waals surface area contributed by atoms with Crippen LogP contribution >= 0.6 is 0 Å². The summed E-state index contributed by atoms with van der Waals surface area (Å²) in [6.45, 7) is 0.770. The number of hydrogen-bond acceptors (Lipinski definition) is 3. The van der Waals surface area contributed by atoms with Crippen molar-refractivity contribution in [1.29, 1.82) is 0 Å². The summed E-state index contributed by atoms with van der Waals surface area (Å²) in [5.41, 5.74) is 1.19. The molecule has 0 atom stereocenters. The summed E-state index contributed by atoms with van der Waals surface area (Å²) in [6, 6.07) is 7.76. The molecule has 0 aliphatic heterocycles. The minimum atomic E-state index is -0.904. The first-order valence-electron chi connectivity index (χ1n) is 7.82. The molecule has 0 spiro atoms. The molecule has 1 aliphatic carbocycles. The molecule has 6 nitrogen and oxygen atoms in total. The van der Waals surface area contributed by atoms with Crippen LogP contribution in [0.2, 0.25) is 0 Å². The first kappa shape index (κ1) is 17.1. The van der Waals surface area contributed by atoms with Crippen LogP contribution in [0.3, 0.4) is 0 Å². The van der Waals surface area contributed by atoms with Crippen molar-refractivity contribution in [2.75, 3.05) is 27.2 Å². The average molecular weight is 320 g/mol. The van der Waals surface area contributed by atoms with Gasteiger partial charge in [0.2, 0.25) is 0 Å². The van der Waals surface area contributed by atoms with E-state index in [9.17, 15) is 9.59 Å². The van der Waals surface area contributed by atoms with E-state index < -0.39 is 5.97 Å². The largest absolute Gasteiger partial charge is 0.497 e. The number of carbonyl (C=O) groups is 2. The molecular weight excluding hydrogens is 296 g/mol. The van der Waals surface area contributed by atoms with Crippen LogP contribution in [0.25, 0.3) is 0 Å². The van der Waals surface area contributed by atoms with Crippen LogP contribution in [-0.4, -0.2) is 49.3 Å². The second kappa shape index (κ2) is 7.35. The van der Waals surface area contributed by atoms with E-state index in [1.54, 1.807) is 14.2 Å². The summed E-state index contributed by atoms with van der Waals surface area (Å²) in [5, 5.41) is 11.6. The van der Waals surface area contributed by atoms with Crippen LogP contribution in [0.15, 0.2) is 24.3 Å². The maximum absolute atomic E-state index is 12.1. The predicted molar refractivity (Wildman–Crippen MR) is 86.8 cm³/mol. The van der Waals surface area contributed by atoms with Crippen molar-refractivity contribution in [3.05, 3.63) is 29.8 Å². The molecule has 23 heavy (non-hydrogen) atoms. The molecule has 0 unspecified atom stereocenters. The zero-order valence-corrected chi connectivity index (χ0v) is 13.7. The maximum atomic E-state index is 12.1. The lowest BCUT2D eigenvalue weighted by Crippen LogP contribution is -2.48. The van der Waals surface area contributed by atoms with Crippen LogP contribution in [0.4, 0.5) is 4.79 Å². The minimum absolute atomic E-state index is 0.0183. The third-order valence-corrected chi connectivity index (χ3v) is 4.60. The molecule has 1 aromatic rings. The quantitative estimate of drug-likeness (QED) is 0.807. The SMILES string of the molecule is COc1ccc(C2(CNC(=O)N(C)CCC(=O)O)CCC2)cc1. The molecule has 1 aliphatic rings. The Morgan fingerprint density at radius 2 is 1.96 bits per heavy atom. The highest BCUT2D eigenvalue weighted by atomic mass is 16.5. The van der Waals surface area contributed by atoms with Gasteiger partial charge >= 0.3 is 12.0 Å². The molecule has 2 amide bonds. The molecule has 2 N–H and O–H groups in total. The second-order valence-corrected chi connectivity index (χ2v) is 6.09. The molecule has 126 valence electrons. The van der Waals surface area contributed by atoms with E-state index in [0.29, 0.717) is 6.54 Å². The van der Waals surface area contributed by atoms with E-state index in [1.807, 2.05) is 12.1 Å². The van der Waals surface area contributed by atoms with Crippen molar-refractivity contribution < 1.29 is 19.4 Å². The number of carbonyl (C=O) groups excluding carboxylic acids is 1. The number of rotatable bonds is 7. The Morgan fingerprint density at radius 1 is 1.30 bits per heavy atom. The summed E-state index contributed by atoms with van der Waals surface area (Å²) >= 11 is 0. The summed E-state index contributed by atoms with van der Waals surface area (Å²) in [4.78, 5) is 24.1. The Morgan fingerprint density at radius 3 is 2.43 bits per heavy atom. The van der Waals surface area contributed by atoms with Gasteiger partial charge in [-0.3, -0.25) is 4.79 Å². The van der Waals surface area contributed by atoms with E-state index in [0.717, 1.165) is 25.0 Å². The second-order valence-electron chi connectivity index (χ2n) is 6.09. The highest BCUT2D eigenvalue weighted by molar-refractivity contribution is 5.75. The molecule has 0 aromatic heterocycles. The van der Waals surface area contributed by atoms with Gasteiger partial charge in [-0.25, -0.2) is 4.79 Å². The number of nitrogens with zero attached hydrogens (tertiary/aromatic N) is 1. The Bertz CT molecular complexity index is 552. The summed E-state index contributed by atoms with van der Waals surface area (Å²) in [7, 11) is 3.25. The van der Waals surface area contributed by atoms with Gasteiger partial charge in [-0.15, -0.1) is 0 Å². The number of ether oxygens (including phenoxy) is 1. The first-order valence-corrected chi connectivity index (χ1v) is 7.82. The van der Waals surface area contributed by atoms with E-state index >= 15 is 0 Å². The van der Waals surface area contributed by atoms with Gasteiger partial charge < -0.3 is 20.1 Å². The van der Waals surface area contributed by atoms with Gasteiger partial charge in [0.1, 0.15) is 5.75 Å². The van der Waals surface area contributed by atoms with Gasteiger partial charge in [-0.2, -0.15) is 0 Å². The fraction of sp³-hybridized carbons (Fsp3) is 0.529. The Hall–Kier alpha value is -2.24. The fourth-order valence-corrected chi connectivity index (χ4v) is 2.86. The molecule has 0 bridgehead atoms. The van der Waals surface area contributed by atoms with Gasteiger partial charge in [-0.1, -0.05) is 18.6 Å². The van der Waals surface area contributed by atoms with Gasteiger partial charge in [0, 0.05) is 25.6 Å². The number of hydrogen-bond donors (Lipinski definition) is 2. The number of carboxylic acids is 1. The minimum Gasteiger partial charge on any atom is -0.497 e. The number of aliphatic carboxylic acids is 1. The third kappa shape index (κ3) is 4.15. The molecule has 0 saturated heterocycles. The lowest BCUT2D eigenvalue weighted by molar-refractivity contribution is -0.137. The Labute approximate surface area is 136 Å². The first-order chi connectivity index (χ1) is 11.0. The molecule has 0 heterocycles. The van der Waals surface area contributed by atoms with Crippen LogP contribution in [-0.2, 0) is 10.2 Å². The van der Waals surface area contributed by atoms with Crippen molar-refractivity contribution >= 4 is 12.0 Å². The fourth-order valence-electron chi connectivity index (χ4n) is 2.86. The Kier molecular flexibility index (Phi) is 5.47. The smallest absolute Gasteiger partial charge is 0.317 e. The maximum Gasteiger partial charge on any atom is 0.317 e. The number of methoxy groups -OCH3 is 1. The number of carboxylic acid groups (broad SMARTS) is 1. The normalized spacial score (nSPS) is 15.4. The van der Waals surface area contributed by atoms with Gasteiger partial charge in [0.25, 0.3) is 0 Å². The predicted octanol–water partition coefficient (Wildman–Crippen LogP) is 2.23. The molecule has 0 radical (unpaired) electrons. The number of nitrogens with one attached hydrogen (secondary N) is 1. The zero-order valence-electron chi connectivity index (χ0n) is 13.7. The third-order valence-electron chi connectivity index (χ3n) is 4.60. The van der Waals surface area contributed by atoms with E-state index in [4.69, 9.17) is 9.84 Å². The van der Waals surface area contributed by atoms with E-state index in [-0.39, 0.29) is 24.4 Å². The monoisotopic (exact) mass is 320 g/mol. The van der Waals surface area contributed by atoms with Crippen LogP contribution < -0.4 is 10.1 Å². The number of urea groups is 1. The van der Waals surface area contributed by atoms with Crippen LogP contribution in [0.5, 0.6) is 5.75 Å². The lowest BCUT2D eigenvalue weighted by atomic mass is 9.64. The highest BCUT2D eigenvalue weighted by Gasteiger charge is 2.39. The molecular formula is C17H24N2O4. The number of benzene rings is 1. The highest BCUT2D eigenvalue weighted by Crippen LogP contribution is 2.43. The van der Waals surface area contributed by atoms with Crippen molar-refractivity contribution in [2.45, 2.75) is 31.1 Å². The number of amides is 2. The summed E-state index contributed by atoms with van der Waals surface area (Å²) < 4.78 is 5.19. The van der Waals surface area contributed by atoms with E-state index in [2.05, 4.69) is 17.4 Å². The molecule has 1 aromatic carbocycles. The molecule has 1 fully saturated rings. The van der Waals surface area contributed by atoms with Gasteiger partial charge in [-0.05, 0) is 30.5 Å².